The lowest BCUT2D eigenvalue weighted by Gasteiger charge is -2.13. The Labute approximate surface area is 155 Å². The molecule has 0 fully saturated rings. The molecular formula is C21H16ClN3O. The molecule has 2 aromatic heterocycles. The summed E-state index contributed by atoms with van der Waals surface area (Å²) in [6, 6.07) is 17.0. The standard InChI is InChI=1S/C21H16ClN3O/c1-12-9-14(10-17(22)19(12)23)15-11-16-18(26)7-8-24-21(16)25-20(15)13-5-3-2-4-6-13/h2-11H,23H2,1H3,(H,24,25,26). The lowest BCUT2D eigenvalue weighted by Crippen LogP contribution is -2.03. The fourth-order valence-corrected chi connectivity index (χ4v) is 3.31. The molecule has 26 heavy (non-hydrogen) atoms. The number of anilines is 1. The van der Waals surface area contributed by atoms with Crippen LogP contribution in [0.15, 0.2) is 65.6 Å². The van der Waals surface area contributed by atoms with E-state index in [2.05, 4.69) is 4.98 Å². The van der Waals surface area contributed by atoms with E-state index in [1.807, 2.05) is 55.5 Å². The van der Waals surface area contributed by atoms with Crippen LogP contribution in [0.5, 0.6) is 0 Å². The second-order valence-electron chi connectivity index (χ2n) is 6.18. The van der Waals surface area contributed by atoms with E-state index in [9.17, 15) is 4.79 Å². The first-order chi connectivity index (χ1) is 12.5. The lowest BCUT2D eigenvalue weighted by molar-refractivity contribution is 1.28. The van der Waals surface area contributed by atoms with E-state index in [0.29, 0.717) is 21.7 Å². The zero-order chi connectivity index (χ0) is 18.3. The number of nitrogens with one attached hydrogen (secondary N) is 1. The third-order valence-electron chi connectivity index (χ3n) is 4.44. The number of H-pyrrole nitrogens is 1. The molecular weight excluding hydrogens is 346 g/mol. The summed E-state index contributed by atoms with van der Waals surface area (Å²) in [7, 11) is 0. The van der Waals surface area contributed by atoms with Crippen LogP contribution in [0.2, 0.25) is 5.02 Å². The van der Waals surface area contributed by atoms with Gasteiger partial charge in [0.05, 0.1) is 21.8 Å². The van der Waals surface area contributed by atoms with Crippen molar-refractivity contribution >= 4 is 28.3 Å². The number of aryl methyl sites for hydroxylation is 1. The number of pyridine rings is 2. The summed E-state index contributed by atoms with van der Waals surface area (Å²) in [5, 5.41) is 1.02. The van der Waals surface area contributed by atoms with Gasteiger partial charge in [0.1, 0.15) is 5.65 Å². The first kappa shape index (κ1) is 16.4. The number of nitrogen functional groups attached to an aromatic ring is 1. The van der Waals surface area contributed by atoms with Gasteiger partial charge in [0.15, 0.2) is 5.43 Å². The van der Waals surface area contributed by atoms with Crippen LogP contribution in [-0.4, -0.2) is 9.97 Å². The van der Waals surface area contributed by atoms with E-state index in [4.69, 9.17) is 22.3 Å². The van der Waals surface area contributed by atoms with Crippen molar-refractivity contribution < 1.29 is 0 Å². The van der Waals surface area contributed by atoms with Crippen molar-refractivity contribution in [2.75, 3.05) is 5.73 Å². The summed E-state index contributed by atoms with van der Waals surface area (Å²) < 4.78 is 0. The van der Waals surface area contributed by atoms with Gasteiger partial charge in [-0.2, -0.15) is 0 Å². The molecule has 128 valence electrons. The van der Waals surface area contributed by atoms with Gasteiger partial charge in [0.25, 0.3) is 0 Å². The Hall–Kier alpha value is -3.11. The quantitative estimate of drug-likeness (QED) is 0.504. The molecule has 0 saturated heterocycles. The first-order valence-corrected chi connectivity index (χ1v) is 8.56. The van der Waals surface area contributed by atoms with Crippen molar-refractivity contribution in [3.63, 3.8) is 0 Å². The van der Waals surface area contributed by atoms with E-state index >= 15 is 0 Å². The number of benzene rings is 2. The smallest absolute Gasteiger partial charge is 0.191 e. The number of hydrogen-bond acceptors (Lipinski definition) is 3. The summed E-state index contributed by atoms with van der Waals surface area (Å²) in [6.45, 7) is 1.91. The Morgan fingerprint density at radius 3 is 2.54 bits per heavy atom. The van der Waals surface area contributed by atoms with Crippen LogP contribution in [0.25, 0.3) is 33.4 Å². The van der Waals surface area contributed by atoms with Gasteiger partial charge in [-0.1, -0.05) is 41.9 Å². The summed E-state index contributed by atoms with van der Waals surface area (Å²) in [5.41, 5.74) is 11.4. The van der Waals surface area contributed by atoms with Crippen LogP contribution in [0, 0.1) is 6.92 Å². The van der Waals surface area contributed by atoms with E-state index in [0.717, 1.165) is 27.9 Å². The number of rotatable bonds is 2. The largest absolute Gasteiger partial charge is 0.397 e. The second-order valence-corrected chi connectivity index (χ2v) is 6.58. The number of nitrogens with two attached hydrogens (primary N) is 1. The molecule has 0 aliphatic heterocycles. The first-order valence-electron chi connectivity index (χ1n) is 8.18. The second kappa shape index (κ2) is 6.32. The maximum atomic E-state index is 12.3. The summed E-state index contributed by atoms with van der Waals surface area (Å²) >= 11 is 6.30. The summed E-state index contributed by atoms with van der Waals surface area (Å²) in [6.07, 6.45) is 1.61. The summed E-state index contributed by atoms with van der Waals surface area (Å²) in [5.74, 6) is 0. The monoisotopic (exact) mass is 361 g/mol. The minimum absolute atomic E-state index is 0.0784. The Kier molecular flexibility index (Phi) is 3.98. The third-order valence-corrected chi connectivity index (χ3v) is 4.75. The molecule has 5 heteroatoms. The van der Waals surface area contributed by atoms with Crippen LogP contribution < -0.4 is 11.2 Å². The maximum absolute atomic E-state index is 12.3. The van der Waals surface area contributed by atoms with Crippen molar-refractivity contribution in [1.29, 1.82) is 0 Å². The Balaban J connectivity index is 2.09. The predicted molar refractivity (Wildman–Crippen MR) is 107 cm³/mol. The predicted octanol–water partition coefficient (Wildman–Crippen LogP) is 4.80. The lowest BCUT2D eigenvalue weighted by atomic mass is 9.96. The highest BCUT2D eigenvalue weighted by Crippen LogP contribution is 2.36. The molecule has 0 aliphatic rings. The van der Waals surface area contributed by atoms with Gasteiger partial charge in [-0.3, -0.25) is 4.79 Å². The van der Waals surface area contributed by atoms with Crippen LogP contribution in [0.3, 0.4) is 0 Å². The van der Waals surface area contributed by atoms with Crippen LogP contribution in [0.4, 0.5) is 5.69 Å². The molecule has 0 spiro atoms. The normalized spacial score (nSPS) is 11.0. The van der Waals surface area contributed by atoms with Crippen molar-refractivity contribution in [2.45, 2.75) is 6.92 Å². The highest BCUT2D eigenvalue weighted by molar-refractivity contribution is 6.33. The van der Waals surface area contributed by atoms with Crippen LogP contribution >= 0.6 is 11.6 Å². The zero-order valence-electron chi connectivity index (χ0n) is 14.1. The molecule has 0 saturated carbocycles. The number of fused-ring (bicyclic) bond motifs is 1. The molecule has 4 rings (SSSR count). The zero-order valence-corrected chi connectivity index (χ0v) is 14.8. The van der Waals surface area contributed by atoms with Crippen molar-refractivity contribution in [3.05, 3.63) is 81.6 Å². The number of halogens is 1. The van der Waals surface area contributed by atoms with E-state index < -0.39 is 0 Å². The SMILES string of the molecule is Cc1cc(-c2cc3c(=O)cc[nH]c3nc2-c2ccccc2)cc(Cl)c1N. The van der Waals surface area contributed by atoms with Crippen molar-refractivity contribution in [1.82, 2.24) is 9.97 Å². The highest BCUT2D eigenvalue weighted by atomic mass is 35.5. The maximum Gasteiger partial charge on any atom is 0.191 e. The number of nitrogens with zero attached hydrogens (tertiary/aromatic N) is 1. The molecule has 2 heterocycles. The third kappa shape index (κ3) is 2.74. The average Bonchev–Trinajstić information content (AvgIpc) is 2.66. The van der Waals surface area contributed by atoms with Gasteiger partial charge in [-0.25, -0.2) is 4.98 Å². The van der Waals surface area contributed by atoms with Gasteiger partial charge in [-0.15, -0.1) is 0 Å². The molecule has 0 unspecified atom stereocenters. The fourth-order valence-electron chi connectivity index (χ4n) is 3.04. The Bertz CT molecular complexity index is 1160. The molecule has 4 aromatic rings. The minimum Gasteiger partial charge on any atom is -0.397 e. The average molecular weight is 362 g/mol. The van der Waals surface area contributed by atoms with Gasteiger partial charge >= 0.3 is 0 Å². The van der Waals surface area contributed by atoms with Crippen LogP contribution in [-0.2, 0) is 0 Å². The fraction of sp³-hybridized carbons (Fsp3) is 0.0476. The number of hydrogen-bond donors (Lipinski definition) is 2. The van der Waals surface area contributed by atoms with Crippen molar-refractivity contribution in [3.8, 4) is 22.4 Å². The van der Waals surface area contributed by atoms with Gasteiger partial charge < -0.3 is 10.7 Å². The molecule has 0 radical (unpaired) electrons. The molecule has 0 bridgehead atoms. The Morgan fingerprint density at radius 1 is 1.04 bits per heavy atom. The van der Waals surface area contributed by atoms with Gasteiger partial charge in [0.2, 0.25) is 0 Å². The van der Waals surface area contributed by atoms with Crippen LogP contribution in [0.1, 0.15) is 5.56 Å². The molecule has 2 aromatic carbocycles. The topological polar surface area (TPSA) is 71.8 Å². The highest BCUT2D eigenvalue weighted by Gasteiger charge is 2.15. The molecule has 3 N–H and O–H groups in total. The summed E-state index contributed by atoms with van der Waals surface area (Å²) in [4.78, 5) is 20.1. The number of aromatic nitrogens is 2. The molecule has 0 amide bonds. The van der Waals surface area contributed by atoms with E-state index in [1.165, 1.54) is 6.07 Å². The van der Waals surface area contributed by atoms with Crippen molar-refractivity contribution in [2.24, 2.45) is 0 Å². The Morgan fingerprint density at radius 2 is 1.81 bits per heavy atom. The molecule has 0 atom stereocenters. The van der Waals surface area contributed by atoms with Gasteiger partial charge in [0, 0.05) is 23.4 Å². The molecule has 4 nitrogen and oxygen atoms in total. The van der Waals surface area contributed by atoms with E-state index in [-0.39, 0.29) is 5.43 Å². The minimum atomic E-state index is -0.0784. The molecule has 0 aliphatic carbocycles. The van der Waals surface area contributed by atoms with E-state index in [1.54, 1.807) is 6.20 Å². The van der Waals surface area contributed by atoms with Gasteiger partial charge in [-0.05, 0) is 36.2 Å². The number of aromatic amines is 1.